The SMILES string of the molecule is CC(C)(C)C(=O)c1ccc(Cl)cc1F. The molecule has 0 unspecified atom stereocenters. The predicted octanol–water partition coefficient (Wildman–Crippen LogP) is 3.71. The maximum atomic E-state index is 13.3. The topological polar surface area (TPSA) is 17.1 Å². The Balaban J connectivity index is 3.15. The molecule has 14 heavy (non-hydrogen) atoms. The molecule has 0 aliphatic rings. The fourth-order valence-corrected chi connectivity index (χ4v) is 1.24. The highest BCUT2D eigenvalue weighted by atomic mass is 35.5. The number of benzene rings is 1. The Morgan fingerprint density at radius 1 is 1.36 bits per heavy atom. The Labute approximate surface area is 87.9 Å². The van der Waals surface area contributed by atoms with Crippen LogP contribution in [0.2, 0.25) is 5.02 Å². The number of hydrogen-bond donors (Lipinski definition) is 0. The lowest BCUT2D eigenvalue weighted by atomic mass is 9.86. The molecular weight excluding hydrogens is 203 g/mol. The minimum absolute atomic E-state index is 0.0990. The third kappa shape index (κ3) is 2.32. The monoisotopic (exact) mass is 214 g/mol. The summed E-state index contributed by atoms with van der Waals surface area (Å²) < 4.78 is 13.3. The van der Waals surface area contributed by atoms with Gasteiger partial charge in [0, 0.05) is 10.4 Å². The van der Waals surface area contributed by atoms with Crippen LogP contribution in [0.1, 0.15) is 31.1 Å². The van der Waals surface area contributed by atoms with E-state index in [-0.39, 0.29) is 11.3 Å². The van der Waals surface area contributed by atoms with Crippen LogP contribution in [0.15, 0.2) is 18.2 Å². The summed E-state index contributed by atoms with van der Waals surface area (Å²) in [6.07, 6.45) is 0. The summed E-state index contributed by atoms with van der Waals surface area (Å²) in [7, 11) is 0. The highest BCUT2D eigenvalue weighted by Crippen LogP contribution is 2.24. The summed E-state index contributed by atoms with van der Waals surface area (Å²) in [6, 6.07) is 4.09. The van der Waals surface area contributed by atoms with E-state index in [0.717, 1.165) is 6.07 Å². The van der Waals surface area contributed by atoms with E-state index in [9.17, 15) is 9.18 Å². The van der Waals surface area contributed by atoms with Crippen LogP contribution in [-0.2, 0) is 0 Å². The van der Waals surface area contributed by atoms with Crippen LogP contribution in [-0.4, -0.2) is 5.78 Å². The normalized spacial score (nSPS) is 11.5. The third-order valence-corrected chi connectivity index (χ3v) is 2.09. The lowest BCUT2D eigenvalue weighted by molar-refractivity contribution is 0.0854. The van der Waals surface area contributed by atoms with Crippen molar-refractivity contribution in [3.63, 3.8) is 0 Å². The van der Waals surface area contributed by atoms with Gasteiger partial charge in [-0.3, -0.25) is 4.79 Å². The molecule has 0 atom stereocenters. The van der Waals surface area contributed by atoms with Gasteiger partial charge in [-0.15, -0.1) is 0 Å². The molecule has 1 aromatic carbocycles. The van der Waals surface area contributed by atoms with Crippen LogP contribution in [0.25, 0.3) is 0 Å². The van der Waals surface area contributed by atoms with Crippen molar-refractivity contribution in [1.82, 2.24) is 0 Å². The Morgan fingerprint density at radius 2 is 1.93 bits per heavy atom. The number of hydrogen-bond acceptors (Lipinski definition) is 1. The Kier molecular flexibility index (Phi) is 2.95. The fraction of sp³-hybridized carbons (Fsp3) is 0.364. The molecule has 0 fully saturated rings. The predicted molar refractivity (Wildman–Crippen MR) is 55.2 cm³/mol. The first-order valence-electron chi connectivity index (χ1n) is 4.32. The van der Waals surface area contributed by atoms with Crippen molar-refractivity contribution in [2.24, 2.45) is 5.41 Å². The average Bonchev–Trinajstić information content (AvgIpc) is 2.01. The number of Topliss-reactive ketones (excluding diaryl/α,β-unsaturated/α-hetero) is 1. The van der Waals surface area contributed by atoms with Crippen LogP contribution in [0.4, 0.5) is 4.39 Å². The molecule has 0 aromatic heterocycles. The minimum atomic E-state index is -0.575. The molecule has 1 aromatic rings. The molecule has 0 saturated heterocycles. The van der Waals surface area contributed by atoms with Crippen molar-refractivity contribution in [2.45, 2.75) is 20.8 Å². The van der Waals surface area contributed by atoms with E-state index in [1.54, 1.807) is 20.8 Å². The average molecular weight is 215 g/mol. The van der Waals surface area contributed by atoms with Crippen molar-refractivity contribution in [2.75, 3.05) is 0 Å². The van der Waals surface area contributed by atoms with Crippen LogP contribution in [0.5, 0.6) is 0 Å². The first-order valence-corrected chi connectivity index (χ1v) is 4.70. The lowest BCUT2D eigenvalue weighted by Gasteiger charge is -2.16. The molecule has 0 aliphatic carbocycles. The zero-order valence-electron chi connectivity index (χ0n) is 8.40. The van der Waals surface area contributed by atoms with E-state index in [4.69, 9.17) is 11.6 Å². The Morgan fingerprint density at radius 3 is 2.36 bits per heavy atom. The van der Waals surface area contributed by atoms with Crippen LogP contribution >= 0.6 is 11.6 Å². The number of carbonyl (C=O) groups excluding carboxylic acids is 1. The first-order chi connectivity index (χ1) is 6.32. The van der Waals surface area contributed by atoms with Gasteiger partial charge in [0.05, 0.1) is 5.56 Å². The third-order valence-electron chi connectivity index (χ3n) is 1.86. The summed E-state index contributed by atoms with van der Waals surface area (Å²) >= 11 is 5.58. The summed E-state index contributed by atoms with van der Waals surface area (Å²) in [5.41, 5.74) is -0.476. The van der Waals surface area contributed by atoms with Gasteiger partial charge < -0.3 is 0 Å². The standard InChI is InChI=1S/C11H12ClFO/c1-11(2,3)10(14)8-5-4-7(12)6-9(8)13/h4-6H,1-3H3. The van der Waals surface area contributed by atoms with Crippen molar-refractivity contribution in [3.8, 4) is 0 Å². The molecule has 0 radical (unpaired) electrons. The summed E-state index contributed by atoms with van der Waals surface area (Å²) in [5, 5.41) is 0.299. The quantitative estimate of drug-likeness (QED) is 0.652. The molecule has 0 bridgehead atoms. The van der Waals surface area contributed by atoms with Gasteiger partial charge in [0.1, 0.15) is 5.82 Å². The molecule has 1 rings (SSSR count). The molecule has 0 N–H and O–H groups in total. The molecule has 1 nitrogen and oxygen atoms in total. The van der Waals surface area contributed by atoms with E-state index in [2.05, 4.69) is 0 Å². The molecular formula is C11H12ClFO. The van der Waals surface area contributed by atoms with E-state index < -0.39 is 11.2 Å². The zero-order chi connectivity index (χ0) is 10.9. The number of halogens is 2. The number of rotatable bonds is 1. The fourth-order valence-electron chi connectivity index (χ4n) is 1.08. The van der Waals surface area contributed by atoms with Crippen molar-refractivity contribution >= 4 is 17.4 Å². The van der Waals surface area contributed by atoms with Gasteiger partial charge >= 0.3 is 0 Å². The molecule has 0 saturated carbocycles. The Hall–Kier alpha value is -0.890. The molecule has 0 heterocycles. The van der Waals surface area contributed by atoms with Crippen molar-refractivity contribution in [1.29, 1.82) is 0 Å². The van der Waals surface area contributed by atoms with E-state index in [1.165, 1.54) is 12.1 Å². The second-order valence-electron chi connectivity index (χ2n) is 4.20. The highest BCUT2D eigenvalue weighted by Gasteiger charge is 2.25. The van der Waals surface area contributed by atoms with Gasteiger partial charge in [-0.05, 0) is 18.2 Å². The van der Waals surface area contributed by atoms with Gasteiger partial charge in [0.2, 0.25) is 0 Å². The highest BCUT2D eigenvalue weighted by molar-refractivity contribution is 6.30. The second kappa shape index (κ2) is 3.70. The second-order valence-corrected chi connectivity index (χ2v) is 4.64. The first kappa shape index (κ1) is 11.2. The summed E-state index contributed by atoms with van der Waals surface area (Å²) in [4.78, 5) is 11.7. The van der Waals surface area contributed by atoms with Crippen molar-refractivity contribution < 1.29 is 9.18 Å². The molecule has 76 valence electrons. The maximum Gasteiger partial charge on any atom is 0.171 e. The molecule has 3 heteroatoms. The Bertz CT molecular complexity index is 366. The van der Waals surface area contributed by atoms with Gasteiger partial charge in [0.15, 0.2) is 5.78 Å². The largest absolute Gasteiger partial charge is 0.293 e. The smallest absolute Gasteiger partial charge is 0.171 e. The maximum absolute atomic E-state index is 13.3. The van der Waals surface area contributed by atoms with Gasteiger partial charge in [0.25, 0.3) is 0 Å². The van der Waals surface area contributed by atoms with Crippen LogP contribution < -0.4 is 0 Å². The van der Waals surface area contributed by atoms with E-state index in [1.807, 2.05) is 0 Å². The molecule has 0 aliphatic heterocycles. The van der Waals surface area contributed by atoms with Gasteiger partial charge in [-0.2, -0.15) is 0 Å². The van der Waals surface area contributed by atoms with Gasteiger partial charge in [-0.25, -0.2) is 4.39 Å². The van der Waals surface area contributed by atoms with E-state index >= 15 is 0 Å². The summed E-state index contributed by atoms with van der Waals surface area (Å²) in [6.45, 7) is 5.26. The zero-order valence-corrected chi connectivity index (χ0v) is 9.15. The van der Waals surface area contributed by atoms with Crippen LogP contribution in [0.3, 0.4) is 0 Å². The number of ketones is 1. The van der Waals surface area contributed by atoms with Gasteiger partial charge in [-0.1, -0.05) is 32.4 Å². The summed E-state index contributed by atoms with van der Waals surface area (Å²) in [5.74, 6) is -0.774. The van der Waals surface area contributed by atoms with Crippen molar-refractivity contribution in [3.05, 3.63) is 34.6 Å². The lowest BCUT2D eigenvalue weighted by Crippen LogP contribution is -2.21. The molecule has 0 spiro atoms. The number of carbonyl (C=O) groups is 1. The minimum Gasteiger partial charge on any atom is -0.293 e. The molecule has 0 amide bonds. The van der Waals surface area contributed by atoms with Crippen LogP contribution in [0, 0.1) is 11.2 Å². The van der Waals surface area contributed by atoms with E-state index in [0.29, 0.717) is 5.02 Å².